The lowest BCUT2D eigenvalue weighted by atomic mass is 10.1. The summed E-state index contributed by atoms with van der Waals surface area (Å²) < 4.78 is 6.04. The molecule has 1 aromatic heterocycles. The molecule has 1 aromatic carbocycles. The Labute approximate surface area is 89.6 Å². The lowest BCUT2D eigenvalue weighted by Gasteiger charge is -2.01. The Bertz CT molecular complexity index is 464. The van der Waals surface area contributed by atoms with E-state index < -0.39 is 0 Å². The van der Waals surface area contributed by atoms with Crippen molar-refractivity contribution in [3.8, 4) is 5.75 Å². The SMILES string of the molecule is NCCc1cc2oc(Br)cc2cc1O. The molecule has 0 spiro atoms. The molecule has 0 radical (unpaired) electrons. The predicted molar refractivity (Wildman–Crippen MR) is 58.3 cm³/mol. The summed E-state index contributed by atoms with van der Waals surface area (Å²) in [5.74, 6) is 0.274. The van der Waals surface area contributed by atoms with Gasteiger partial charge in [-0.3, -0.25) is 0 Å². The van der Waals surface area contributed by atoms with Crippen LogP contribution in [0.4, 0.5) is 0 Å². The first-order chi connectivity index (χ1) is 6.70. The van der Waals surface area contributed by atoms with Crippen molar-refractivity contribution in [2.24, 2.45) is 5.73 Å². The van der Waals surface area contributed by atoms with Crippen LogP contribution in [-0.2, 0) is 6.42 Å². The number of fused-ring (bicyclic) bond motifs is 1. The van der Waals surface area contributed by atoms with Gasteiger partial charge in [-0.2, -0.15) is 0 Å². The summed E-state index contributed by atoms with van der Waals surface area (Å²) in [6.45, 7) is 0.515. The van der Waals surface area contributed by atoms with Crippen LogP contribution in [-0.4, -0.2) is 11.7 Å². The van der Waals surface area contributed by atoms with Gasteiger partial charge >= 0.3 is 0 Å². The number of phenolic OH excluding ortho intramolecular Hbond substituents is 1. The van der Waals surface area contributed by atoms with Crippen LogP contribution in [0.3, 0.4) is 0 Å². The number of nitrogens with two attached hydrogens (primary N) is 1. The van der Waals surface area contributed by atoms with Crippen molar-refractivity contribution in [2.75, 3.05) is 6.54 Å². The number of aromatic hydroxyl groups is 1. The Morgan fingerprint density at radius 2 is 2.14 bits per heavy atom. The van der Waals surface area contributed by atoms with Crippen molar-refractivity contribution in [2.45, 2.75) is 6.42 Å². The van der Waals surface area contributed by atoms with Crippen molar-refractivity contribution in [3.63, 3.8) is 0 Å². The van der Waals surface area contributed by atoms with E-state index in [1.54, 1.807) is 6.07 Å². The van der Waals surface area contributed by atoms with Gasteiger partial charge in [0.1, 0.15) is 11.3 Å². The zero-order valence-corrected chi connectivity index (χ0v) is 9.04. The highest BCUT2D eigenvalue weighted by molar-refractivity contribution is 9.10. The van der Waals surface area contributed by atoms with Gasteiger partial charge in [0, 0.05) is 5.39 Å². The van der Waals surface area contributed by atoms with Gasteiger partial charge in [0.2, 0.25) is 0 Å². The van der Waals surface area contributed by atoms with Crippen LogP contribution in [0.5, 0.6) is 5.75 Å². The minimum Gasteiger partial charge on any atom is -0.508 e. The second-order valence-corrected chi connectivity index (χ2v) is 3.89. The van der Waals surface area contributed by atoms with Gasteiger partial charge in [-0.05, 0) is 52.7 Å². The Morgan fingerprint density at radius 1 is 1.36 bits per heavy atom. The summed E-state index contributed by atoms with van der Waals surface area (Å²) in [4.78, 5) is 0. The van der Waals surface area contributed by atoms with E-state index in [-0.39, 0.29) is 5.75 Å². The molecule has 0 fully saturated rings. The van der Waals surface area contributed by atoms with Crippen molar-refractivity contribution in [1.82, 2.24) is 0 Å². The third kappa shape index (κ3) is 1.63. The maximum Gasteiger partial charge on any atom is 0.170 e. The monoisotopic (exact) mass is 255 g/mol. The molecule has 0 unspecified atom stereocenters. The van der Waals surface area contributed by atoms with E-state index in [1.807, 2.05) is 12.1 Å². The van der Waals surface area contributed by atoms with E-state index in [0.29, 0.717) is 17.6 Å². The number of furan rings is 1. The van der Waals surface area contributed by atoms with Gasteiger partial charge < -0.3 is 15.3 Å². The molecular weight excluding hydrogens is 246 g/mol. The first-order valence-electron chi connectivity index (χ1n) is 4.31. The lowest BCUT2D eigenvalue weighted by molar-refractivity contribution is 0.468. The molecule has 0 aliphatic carbocycles. The molecule has 2 rings (SSSR count). The van der Waals surface area contributed by atoms with Crippen molar-refractivity contribution in [3.05, 3.63) is 28.4 Å². The Balaban J connectivity index is 2.58. The van der Waals surface area contributed by atoms with Crippen LogP contribution >= 0.6 is 15.9 Å². The van der Waals surface area contributed by atoms with Crippen LogP contribution < -0.4 is 5.73 Å². The summed E-state index contributed by atoms with van der Waals surface area (Å²) in [5, 5.41) is 10.5. The molecule has 14 heavy (non-hydrogen) atoms. The molecule has 0 amide bonds. The smallest absolute Gasteiger partial charge is 0.170 e. The number of benzene rings is 1. The summed E-state index contributed by atoms with van der Waals surface area (Å²) >= 11 is 3.24. The van der Waals surface area contributed by atoms with E-state index in [0.717, 1.165) is 16.5 Å². The topological polar surface area (TPSA) is 59.4 Å². The Hall–Kier alpha value is -1.00. The van der Waals surface area contributed by atoms with Crippen LogP contribution in [0.15, 0.2) is 27.3 Å². The quantitative estimate of drug-likeness (QED) is 0.867. The van der Waals surface area contributed by atoms with Gasteiger partial charge in [0.05, 0.1) is 0 Å². The number of hydrogen-bond donors (Lipinski definition) is 2. The molecular formula is C10H10BrNO2. The molecule has 3 nitrogen and oxygen atoms in total. The minimum absolute atomic E-state index is 0.274. The Kier molecular flexibility index (Phi) is 2.48. The van der Waals surface area contributed by atoms with Crippen LogP contribution in [0.25, 0.3) is 11.0 Å². The van der Waals surface area contributed by atoms with Gasteiger partial charge in [-0.25, -0.2) is 0 Å². The normalized spacial score (nSPS) is 11.0. The number of rotatable bonds is 2. The average molecular weight is 256 g/mol. The third-order valence-electron chi connectivity index (χ3n) is 2.10. The second-order valence-electron chi connectivity index (χ2n) is 3.11. The van der Waals surface area contributed by atoms with Crippen LogP contribution in [0.1, 0.15) is 5.56 Å². The lowest BCUT2D eigenvalue weighted by Crippen LogP contribution is -2.02. The van der Waals surface area contributed by atoms with Gasteiger partial charge in [-0.1, -0.05) is 0 Å². The molecule has 0 aliphatic rings. The van der Waals surface area contributed by atoms with E-state index in [4.69, 9.17) is 10.2 Å². The largest absolute Gasteiger partial charge is 0.508 e. The maximum atomic E-state index is 9.64. The summed E-state index contributed by atoms with van der Waals surface area (Å²) in [6, 6.07) is 5.33. The molecule has 3 N–H and O–H groups in total. The van der Waals surface area contributed by atoms with Gasteiger partial charge in [0.15, 0.2) is 4.67 Å². The zero-order valence-electron chi connectivity index (χ0n) is 7.46. The third-order valence-corrected chi connectivity index (χ3v) is 2.49. The fourth-order valence-electron chi connectivity index (χ4n) is 1.44. The van der Waals surface area contributed by atoms with E-state index in [1.165, 1.54) is 0 Å². The second kappa shape index (κ2) is 3.63. The predicted octanol–water partition coefficient (Wildman–Crippen LogP) is 2.40. The molecule has 4 heteroatoms. The molecule has 0 aliphatic heterocycles. The van der Waals surface area contributed by atoms with Gasteiger partial charge in [0.25, 0.3) is 0 Å². The average Bonchev–Trinajstić information content (AvgIpc) is 2.45. The molecule has 0 saturated carbocycles. The highest BCUT2D eigenvalue weighted by Gasteiger charge is 2.07. The van der Waals surface area contributed by atoms with Gasteiger partial charge in [-0.15, -0.1) is 0 Å². The first kappa shape index (κ1) is 9.55. The van der Waals surface area contributed by atoms with E-state index in [2.05, 4.69) is 15.9 Å². The van der Waals surface area contributed by atoms with E-state index >= 15 is 0 Å². The fourth-order valence-corrected chi connectivity index (χ4v) is 1.86. The minimum atomic E-state index is 0.274. The maximum absolute atomic E-state index is 9.64. The molecule has 2 aromatic rings. The van der Waals surface area contributed by atoms with Crippen LogP contribution in [0, 0.1) is 0 Å². The first-order valence-corrected chi connectivity index (χ1v) is 5.11. The number of phenols is 1. The molecule has 0 bridgehead atoms. The van der Waals surface area contributed by atoms with Crippen molar-refractivity contribution in [1.29, 1.82) is 0 Å². The molecule has 0 atom stereocenters. The Morgan fingerprint density at radius 3 is 2.86 bits per heavy atom. The highest BCUT2D eigenvalue weighted by Crippen LogP contribution is 2.29. The van der Waals surface area contributed by atoms with E-state index in [9.17, 15) is 5.11 Å². The van der Waals surface area contributed by atoms with Crippen molar-refractivity contribution < 1.29 is 9.52 Å². The summed E-state index contributed by atoms with van der Waals surface area (Å²) in [7, 11) is 0. The molecule has 0 saturated heterocycles. The molecule has 74 valence electrons. The van der Waals surface area contributed by atoms with Crippen molar-refractivity contribution >= 4 is 26.9 Å². The number of hydrogen-bond acceptors (Lipinski definition) is 3. The molecule has 1 heterocycles. The fraction of sp³-hybridized carbons (Fsp3) is 0.200. The summed E-state index contributed by atoms with van der Waals surface area (Å²) in [6.07, 6.45) is 0.653. The highest BCUT2D eigenvalue weighted by atomic mass is 79.9. The summed E-state index contributed by atoms with van der Waals surface area (Å²) in [5.41, 5.74) is 7.01. The number of halogens is 1. The van der Waals surface area contributed by atoms with Crippen LogP contribution in [0.2, 0.25) is 0 Å². The standard InChI is InChI=1S/C10H10BrNO2/c11-10-5-7-3-8(13)6(1-2-12)4-9(7)14-10/h3-5,13H,1-2,12H2. The zero-order chi connectivity index (χ0) is 10.1.